The van der Waals surface area contributed by atoms with Crippen molar-refractivity contribution in [3.8, 4) is 0 Å². The average molecular weight is 995 g/mol. The van der Waals surface area contributed by atoms with Crippen LogP contribution in [0.15, 0.2) is 182 Å². The van der Waals surface area contributed by atoms with Crippen LogP contribution in [0.4, 0.5) is 0 Å². The monoisotopic (exact) mass is 995 g/mol. The first-order valence-corrected chi connectivity index (χ1v) is 26.2. The lowest BCUT2D eigenvalue weighted by molar-refractivity contribution is -0.375. The Hall–Kier alpha value is -5.12. The summed E-state index contributed by atoms with van der Waals surface area (Å²) < 4.78 is 68.5. The number of aliphatic hydroxyl groups is 1. The molecule has 0 radical (unpaired) electrons. The van der Waals surface area contributed by atoms with Crippen LogP contribution >= 0.6 is 0 Å². The topological polar surface area (TPSA) is 113 Å². The van der Waals surface area contributed by atoms with Gasteiger partial charge in [-0.3, -0.25) is 0 Å². The van der Waals surface area contributed by atoms with Crippen LogP contribution in [0.3, 0.4) is 0 Å². The Labute approximate surface area is 432 Å². The van der Waals surface area contributed by atoms with E-state index in [4.69, 9.17) is 47.4 Å². The second kappa shape index (κ2) is 30.3. The normalized spacial score (nSPS) is 24.1. The van der Waals surface area contributed by atoms with Gasteiger partial charge < -0.3 is 52.5 Å². The molecular weight excluding hydrogens is 921 g/mol. The number of aliphatic hydroxyl groups excluding tert-OH is 1. The minimum Gasteiger partial charge on any atom is -0.387 e. The van der Waals surface area contributed by atoms with Gasteiger partial charge in [0, 0.05) is 6.61 Å². The minimum atomic E-state index is -1.23. The lowest BCUT2D eigenvalue weighted by Crippen LogP contribution is -2.66. The third kappa shape index (κ3) is 17.2. The molecule has 0 aliphatic carbocycles. The van der Waals surface area contributed by atoms with E-state index in [2.05, 4.69) is 6.92 Å². The Bertz CT molecular complexity index is 2350. The molecule has 11 heteroatoms. The van der Waals surface area contributed by atoms with Crippen LogP contribution in [0.5, 0.6) is 0 Å². The molecule has 11 nitrogen and oxygen atoms in total. The quantitative estimate of drug-likeness (QED) is 0.0435. The summed E-state index contributed by atoms with van der Waals surface area (Å²) in [5.41, 5.74) is 5.84. The molecule has 10 atom stereocenters. The fraction of sp³-hybridized carbons (Fsp3) is 0.419. The lowest BCUT2D eigenvalue weighted by Gasteiger charge is -2.49. The van der Waals surface area contributed by atoms with E-state index in [0.29, 0.717) is 19.8 Å². The van der Waals surface area contributed by atoms with Gasteiger partial charge in [0.2, 0.25) is 0 Å². The zero-order valence-corrected chi connectivity index (χ0v) is 42.2. The van der Waals surface area contributed by atoms with Crippen LogP contribution in [-0.2, 0) is 87.0 Å². The van der Waals surface area contributed by atoms with Gasteiger partial charge in [0.1, 0.15) is 48.8 Å². The summed E-state index contributed by atoms with van der Waals surface area (Å²) in [6, 6.07) is 59.8. The fourth-order valence-electron chi connectivity index (χ4n) is 9.24. The predicted octanol–water partition coefficient (Wildman–Crippen LogP) is 11.3. The molecule has 0 amide bonds. The molecule has 6 aromatic carbocycles. The van der Waals surface area contributed by atoms with Gasteiger partial charge >= 0.3 is 0 Å². The molecule has 2 aliphatic rings. The molecule has 2 fully saturated rings. The van der Waals surface area contributed by atoms with Gasteiger partial charge in [0.05, 0.1) is 52.9 Å². The molecule has 0 spiro atoms. The highest BCUT2D eigenvalue weighted by molar-refractivity contribution is 5.18. The number of ether oxygens (including phenoxy) is 10. The zero-order chi connectivity index (χ0) is 50.1. The summed E-state index contributed by atoms with van der Waals surface area (Å²) in [6.45, 7) is 4.47. The molecule has 73 heavy (non-hydrogen) atoms. The summed E-state index contributed by atoms with van der Waals surface area (Å²) >= 11 is 0. The SMILES string of the molecule is CCCCCCCCO[C@@H]1O[C@H](COCc2ccccc2)[C@@H](O[C@@H]2O[C@H](COCc3ccccc3)[C@H](OCc3ccccc3)[C@H](O)[C@H]2OCc2ccccc2)[C@H](OCc2ccccc2)[C@H]1OCc1ccccc1. The van der Waals surface area contributed by atoms with Gasteiger partial charge in [0.15, 0.2) is 12.6 Å². The lowest BCUT2D eigenvalue weighted by atomic mass is 9.96. The number of rotatable bonds is 30. The third-order valence-corrected chi connectivity index (χ3v) is 13.2. The van der Waals surface area contributed by atoms with Crippen molar-refractivity contribution in [3.63, 3.8) is 0 Å². The van der Waals surface area contributed by atoms with E-state index >= 15 is 0 Å². The van der Waals surface area contributed by atoms with Crippen LogP contribution in [-0.4, -0.2) is 86.3 Å². The van der Waals surface area contributed by atoms with Crippen molar-refractivity contribution in [3.05, 3.63) is 215 Å². The smallest absolute Gasteiger partial charge is 0.187 e. The summed E-state index contributed by atoms with van der Waals surface area (Å²) in [5, 5.41) is 12.7. The van der Waals surface area contributed by atoms with Crippen LogP contribution in [0, 0.1) is 0 Å². The predicted molar refractivity (Wildman–Crippen MR) is 280 cm³/mol. The molecule has 2 heterocycles. The van der Waals surface area contributed by atoms with Gasteiger partial charge in [-0.1, -0.05) is 221 Å². The highest BCUT2D eigenvalue weighted by Crippen LogP contribution is 2.36. The van der Waals surface area contributed by atoms with E-state index < -0.39 is 61.4 Å². The molecule has 1 N–H and O–H groups in total. The molecular formula is C62H74O11. The Morgan fingerprint density at radius 2 is 0.712 bits per heavy atom. The maximum Gasteiger partial charge on any atom is 0.187 e. The van der Waals surface area contributed by atoms with E-state index in [1.807, 2.05) is 182 Å². The maximum absolute atomic E-state index is 12.7. The summed E-state index contributed by atoms with van der Waals surface area (Å²) in [5.74, 6) is 0. The maximum atomic E-state index is 12.7. The van der Waals surface area contributed by atoms with E-state index in [9.17, 15) is 5.11 Å². The Morgan fingerprint density at radius 1 is 0.356 bits per heavy atom. The first-order chi connectivity index (χ1) is 36.1. The average Bonchev–Trinajstić information content (AvgIpc) is 3.44. The molecule has 388 valence electrons. The van der Waals surface area contributed by atoms with Gasteiger partial charge in [-0.25, -0.2) is 0 Å². The standard InChI is InChI=1S/C62H74O11/c1-2-3-4-5-6-25-38-66-61-60(70-44-52-36-23-12-24-37-52)59(69-43-51-34-21-11-22-35-51)57(54(71-61)46-65-40-48-28-15-8-16-29-48)73-62-58(68-42-50-32-19-10-20-33-50)55(63)56(67-41-49-30-17-9-18-31-49)53(72-62)45-64-39-47-26-13-7-14-27-47/h7-24,26-37,53-63H,2-6,25,38-46H2,1H3/t53-,54-,55+,56+,57-,58-,59+,60-,61-,62+/m1/s1. The first kappa shape index (κ1) is 54.2. The molecule has 0 unspecified atom stereocenters. The van der Waals surface area contributed by atoms with Gasteiger partial charge in [-0.15, -0.1) is 0 Å². The summed E-state index contributed by atoms with van der Waals surface area (Å²) in [6.07, 6.45) is -2.52. The Balaban J connectivity index is 1.14. The molecule has 2 saturated heterocycles. The van der Waals surface area contributed by atoms with Crippen molar-refractivity contribution in [1.29, 1.82) is 0 Å². The van der Waals surface area contributed by atoms with Gasteiger partial charge in [-0.2, -0.15) is 0 Å². The third-order valence-electron chi connectivity index (χ3n) is 13.2. The van der Waals surface area contributed by atoms with E-state index in [1.165, 1.54) is 19.3 Å². The number of hydrogen-bond donors (Lipinski definition) is 1. The molecule has 0 aromatic heterocycles. The van der Waals surface area contributed by atoms with E-state index in [1.54, 1.807) is 0 Å². The molecule has 6 aromatic rings. The van der Waals surface area contributed by atoms with Crippen LogP contribution < -0.4 is 0 Å². The molecule has 0 saturated carbocycles. The Kier molecular flexibility index (Phi) is 22.5. The van der Waals surface area contributed by atoms with Crippen LogP contribution in [0.2, 0.25) is 0 Å². The molecule has 8 rings (SSSR count). The van der Waals surface area contributed by atoms with E-state index in [0.717, 1.165) is 52.6 Å². The first-order valence-electron chi connectivity index (χ1n) is 26.2. The second-order valence-corrected chi connectivity index (χ2v) is 18.9. The molecule has 0 bridgehead atoms. The number of unbranched alkanes of at least 4 members (excludes halogenated alkanes) is 5. The Morgan fingerprint density at radius 3 is 1.16 bits per heavy atom. The van der Waals surface area contributed by atoms with Crippen molar-refractivity contribution < 1.29 is 52.5 Å². The number of benzene rings is 6. The highest BCUT2D eigenvalue weighted by Gasteiger charge is 2.54. The second-order valence-electron chi connectivity index (χ2n) is 18.9. The van der Waals surface area contributed by atoms with E-state index in [-0.39, 0.29) is 39.6 Å². The van der Waals surface area contributed by atoms with Gasteiger partial charge in [0.25, 0.3) is 0 Å². The van der Waals surface area contributed by atoms with Gasteiger partial charge in [-0.05, 0) is 39.8 Å². The minimum absolute atomic E-state index is 0.0898. The largest absolute Gasteiger partial charge is 0.387 e. The summed E-state index contributed by atoms with van der Waals surface area (Å²) in [7, 11) is 0. The summed E-state index contributed by atoms with van der Waals surface area (Å²) in [4.78, 5) is 0. The van der Waals surface area contributed by atoms with Crippen molar-refractivity contribution in [2.75, 3.05) is 19.8 Å². The van der Waals surface area contributed by atoms with Crippen molar-refractivity contribution in [2.24, 2.45) is 0 Å². The van der Waals surface area contributed by atoms with Crippen molar-refractivity contribution in [2.45, 2.75) is 147 Å². The molecule has 2 aliphatic heterocycles. The number of hydrogen-bond acceptors (Lipinski definition) is 11. The zero-order valence-electron chi connectivity index (χ0n) is 42.2. The van der Waals surface area contributed by atoms with Crippen LogP contribution in [0.25, 0.3) is 0 Å². The highest BCUT2D eigenvalue weighted by atomic mass is 16.8. The fourth-order valence-corrected chi connectivity index (χ4v) is 9.24. The van der Waals surface area contributed by atoms with Crippen molar-refractivity contribution >= 4 is 0 Å². The van der Waals surface area contributed by atoms with Crippen LogP contribution in [0.1, 0.15) is 78.8 Å². The van der Waals surface area contributed by atoms with Crippen molar-refractivity contribution in [1.82, 2.24) is 0 Å².